The number of carbonyl (C=O) groups excluding carboxylic acids is 2. The second-order valence-electron chi connectivity index (χ2n) is 7.08. The van der Waals surface area contributed by atoms with Crippen molar-refractivity contribution in [1.29, 1.82) is 0 Å². The van der Waals surface area contributed by atoms with Gasteiger partial charge in [-0.15, -0.1) is 0 Å². The summed E-state index contributed by atoms with van der Waals surface area (Å²) in [7, 11) is 0. The predicted molar refractivity (Wildman–Crippen MR) is 106 cm³/mol. The average molecular weight is 377 g/mol. The molecule has 0 unspecified atom stereocenters. The molecule has 1 aliphatic rings. The monoisotopic (exact) mass is 376 g/mol. The summed E-state index contributed by atoms with van der Waals surface area (Å²) in [5.74, 6) is 0.263. The topological polar surface area (TPSA) is 111 Å². The van der Waals surface area contributed by atoms with Crippen LogP contribution in [0.25, 0.3) is 0 Å². The van der Waals surface area contributed by atoms with E-state index < -0.39 is 12.1 Å². The van der Waals surface area contributed by atoms with Gasteiger partial charge in [0.05, 0.1) is 12.6 Å². The summed E-state index contributed by atoms with van der Waals surface area (Å²) < 4.78 is 5.35. The molecule has 0 aromatic heterocycles. The van der Waals surface area contributed by atoms with Gasteiger partial charge in [-0.25, -0.2) is 4.79 Å². The number of nitrogens with zero attached hydrogens (tertiary/aromatic N) is 1. The van der Waals surface area contributed by atoms with Gasteiger partial charge < -0.3 is 21.1 Å². The van der Waals surface area contributed by atoms with Crippen LogP contribution in [0.4, 0.5) is 10.5 Å². The normalized spacial score (nSPS) is 16.0. The molecule has 7 nitrogen and oxygen atoms in total. The second kappa shape index (κ2) is 10.9. The molecule has 0 aliphatic carbocycles. The number of benzene rings is 1. The molecule has 1 saturated heterocycles. The molecule has 0 saturated carbocycles. The van der Waals surface area contributed by atoms with E-state index in [1.165, 1.54) is 5.56 Å². The van der Waals surface area contributed by atoms with Crippen molar-refractivity contribution in [3.05, 3.63) is 29.8 Å². The van der Waals surface area contributed by atoms with Gasteiger partial charge in [-0.3, -0.25) is 10.1 Å². The second-order valence-corrected chi connectivity index (χ2v) is 7.08. The maximum Gasteiger partial charge on any atom is 0.411 e. The molecule has 1 fully saturated rings. The highest BCUT2D eigenvalue weighted by atomic mass is 16.5. The van der Waals surface area contributed by atoms with Gasteiger partial charge in [-0.1, -0.05) is 19.1 Å². The van der Waals surface area contributed by atoms with Crippen LogP contribution in [0.15, 0.2) is 24.3 Å². The predicted octanol–water partition coefficient (Wildman–Crippen LogP) is 2.10. The lowest BCUT2D eigenvalue weighted by Gasteiger charge is -2.33. The van der Waals surface area contributed by atoms with E-state index in [1.54, 1.807) is 0 Å². The van der Waals surface area contributed by atoms with Crippen molar-refractivity contribution in [2.24, 2.45) is 17.4 Å². The molecular formula is C20H32N4O3. The first-order chi connectivity index (χ1) is 13.0. The summed E-state index contributed by atoms with van der Waals surface area (Å²) in [5.41, 5.74) is 13.3. The maximum absolute atomic E-state index is 12.3. The lowest BCUT2D eigenvalue weighted by Crippen LogP contribution is -2.47. The van der Waals surface area contributed by atoms with Crippen molar-refractivity contribution in [2.45, 2.75) is 45.1 Å². The molecule has 150 valence electrons. The van der Waals surface area contributed by atoms with E-state index in [2.05, 4.69) is 12.2 Å². The molecule has 0 bridgehead atoms. The molecule has 0 spiro atoms. The molecule has 1 aromatic carbocycles. The van der Waals surface area contributed by atoms with Gasteiger partial charge in [0.15, 0.2) is 0 Å². The largest absolute Gasteiger partial charge is 0.449 e. The van der Waals surface area contributed by atoms with Gasteiger partial charge in [0.1, 0.15) is 0 Å². The summed E-state index contributed by atoms with van der Waals surface area (Å²) in [6.07, 6.45) is 3.53. The van der Waals surface area contributed by atoms with Crippen LogP contribution in [0.1, 0.15) is 38.2 Å². The lowest BCUT2D eigenvalue weighted by molar-refractivity contribution is -0.134. The molecule has 1 atom stereocenters. The SMILES string of the molecule is CCc1ccc(NC(=O)OCC2CCN(C(=O)[C@@H](N)CCCN)CC2)cc1. The van der Waals surface area contributed by atoms with Crippen molar-refractivity contribution in [3.63, 3.8) is 0 Å². The summed E-state index contributed by atoms with van der Waals surface area (Å²) in [6.45, 7) is 4.31. The standard InChI is InChI=1S/C20H32N4O3/c1-2-15-5-7-17(8-6-15)23-20(26)27-14-16-9-12-24(13-10-16)19(25)18(22)4-3-11-21/h5-8,16,18H,2-4,9-14,21-22H2,1H3,(H,23,26)/t18-/m0/s1. The molecule has 5 N–H and O–H groups in total. The van der Waals surface area contributed by atoms with Crippen LogP contribution in [0, 0.1) is 5.92 Å². The molecule has 2 amide bonds. The van der Waals surface area contributed by atoms with Crippen molar-refractivity contribution in [2.75, 3.05) is 31.6 Å². The Labute approximate surface area is 161 Å². The Kier molecular flexibility index (Phi) is 8.54. The zero-order valence-electron chi connectivity index (χ0n) is 16.2. The molecule has 1 heterocycles. The Morgan fingerprint density at radius 3 is 2.52 bits per heavy atom. The third kappa shape index (κ3) is 6.84. The fourth-order valence-electron chi connectivity index (χ4n) is 3.19. The van der Waals surface area contributed by atoms with Crippen LogP contribution in [-0.4, -0.2) is 49.2 Å². The molecular weight excluding hydrogens is 344 g/mol. The summed E-state index contributed by atoms with van der Waals surface area (Å²) in [6, 6.07) is 7.25. The van der Waals surface area contributed by atoms with E-state index in [-0.39, 0.29) is 11.8 Å². The van der Waals surface area contributed by atoms with Crippen LogP contribution in [0.3, 0.4) is 0 Å². The highest BCUT2D eigenvalue weighted by molar-refractivity contribution is 5.84. The fourth-order valence-corrected chi connectivity index (χ4v) is 3.19. The fraction of sp³-hybridized carbons (Fsp3) is 0.600. The number of aryl methyl sites for hydroxylation is 1. The Morgan fingerprint density at radius 1 is 1.26 bits per heavy atom. The van der Waals surface area contributed by atoms with E-state index in [0.29, 0.717) is 32.7 Å². The van der Waals surface area contributed by atoms with E-state index in [9.17, 15) is 9.59 Å². The minimum atomic E-state index is -0.466. The van der Waals surface area contributed by atoms with Gasteiger partial charge in [0.25, 0.3) is 0 Å². The number of hydrogen-bond acceptors (Lipinski definition) is 5. The van der Waals surface area contributed by atoms with Gasteiger partial charge >= 0.3 is 6.09 Å². The van der Waals surface area contributed by atoms with Crippen LogP contribution in [-0.2, 0) is 16.0 Å². The molecule has 7 heteroatoms. The number of anilines is 1. The van der Waals surface area contributed by atoms with Crippen molar-refractivity contribution >= 4 is 17.7 Å². The van der Waals surface area contributed by atoms with Crippen molar-refractivity contribution < 1.29 is 14.3 Å². The quantitative estimate of drug-likeness (QED) is 0.643. The third-order valence-corrected chi connectivity index (χ3v) is 5.02. The van der Waals surface area contributed by atoms with E-state index in [1.807, 2.05) is 29.2 Å². The summed E-state index contributed by atoms with van der Waals surface area (Å²) in [5, 5.41) is 2.74. The summed E-state index contributed by atoms with van der Waals surface area (Å²) >= 11 is 0. The molecule has 2 rings (SSSR count). The number of likely N-dealkylation sites (tertiary alicyclic amines) is 1. The first kappa shape index (κ1) is 21.2. The number of rotatable bonds is 8. The van der Waals surface area contributed by atoms with Gasteiger partial charge in [-0.05, 0) is 62.3 Å². The highest BCUT2D eigenvalue weighted by Crippen LogP contribution is 2.19. The van der Waals surface area contributed by atoms with Crippen LogP contribution in [0.5, 0.6) is 0 Å². The molecule has 1 aromatic rings. The maximum atomic E-state index is 12.3. The number of nitrogens with one attached hydrogen (secondary N) is 1. The molecule has 27 heavy (non-hydrogen) atoms. The highest BCUT2D eigenvalue weighted by Gasteiger charge is 2.26. The average Bonchev–Trinajstić information content (AvgIpc) is 2.71. The zero-order chi connectivity index (χ0) is 19.6. The van der Waals surface area contributed by atoms with E-state index in [0.717, 1.165) is 31.4 Å². The number of ether oxygens (including phenoxy) is 1. The Morgan fingerprint density at radius 2 is 1.93 bits per heavy atom. The lowest BCUT2D eigenvalue weighted by atomic mass is 9.97. The zero-order valence-corrected chi connectivity index (χ0v) is 16.2. The Hall–Kier alpha value is -2.12. The van der Waals surface area contributed by atoms with Gasteiger partial charge in [-0.2, -0.15) is 0 Å². The van der Waals surface area contributed by atoms with Crippen LogP contribution >= 0.6 is 0 Å². The van der Waals surface area contributed by atoms with Gasteiger partial charge in [0, 0.05) is 18.8 Å². The van der Waals surface area contributed by atoms with Gasteiger partial charge in [0.2, 0.25) is 5.91 Å². The number of amides is 2. The smallest absolute Gasteiger partial charge is 0.411 e. The third-order valence-electron chi connectivity index (χ3n) is 5.02. The number of hydrogen-bond donors (Lipinski definition) is 3. The molecule has 1 aliphatic heterocycles. The van der Waals surface area contributed by atoms with Crippen molar-refractivity contribution in [3.8, 4) is 0 Å². The molecule has 0 radical (unpaired) electrons. The number of piperidine rings is 1. The Balaban J connectivity index is 1.67. The first-order valence-electron chi connectivity index (χ1n) is 9.80. The summed E-state index contributed by atoms with van der Waals surface area (Å²) in [4.78, 5) is 26.1. The van der Waals surface area contributed by atoms with Crippen molar-refractivity contribution in [1.82, 2.24) is 4.90 Å². The Bertz CT molecular complexity index is 598. The van der Waals surface area contributed by atoms with E-state index in [4.69, 9.17) is 16.2 Å². The van der Waals surface area contributed by atoms with Crippen LogP contribution < -0.4 is 16.8 Å². The first-order valence-corrected chi connectivity index (χ1v) is 9.80. The number of carbonyl (C=O) groups is 2. The number of nitrogens with two attached hydrogens (primary N) is 2. The minimum Gasteiger partial charge on any atom is -0.449 e. The van der Waals surface area contributed by atoms with E-state index >= 15 is 0 Å². The van der Waals surface area contributed by atoms with Crippen LogP contribution in [0.2, 0.25) is 0 Å². The minimum absolute atomic E-state index is 0.00362.